The van der Waals surface area contributed by atoms with Crippen LogP contribution in [0.15, 0.2) is 24.3 Å². The molecule has 1 unspecified atom stereocenters. The minimum atomic E-state index is -0.00566. The number of benzene rings is 1. The van der Waals surface area contributed by atoms with Crippen molar-refractivity contribution in [3.05, 3.63) is 29.8 Å². The Hall–Kier alpha value is -1.39. The van der Waals surface area contributed by atoms with E-state index in [-0.39, 0.29) is 11.9 Å². The van der Waals surface area contributed by atoms with Crippen molar-refractivity contribution in [2.75, 3.05) is 12.4 Å². The Bertz CT molecular complexity index is 399. The number of rotatable bonds is 6. The van der Waals surface area contributed by atoms with Gasteiger partial charge in [-0.25, -0.2) is 0 Å². The first-order chi connectivity index (χ1) is 8.69. The van der Waals surface area contributed by atoms with Crippen molar-refractivity contribution in [3.63, 3.8) is 0 Å². The van der Waals surface area contributed by atoms with E-state index >= 15 is 0 Å². The average molecular weight is 248 g/mol. The standard InChI is InChI=1S/C14H20N2O2/c1-18-9-10-2-6-12(7-3-10)16-14(17)8-13(15)11-4-5-11/h2-3,6-7,11,13H,4-5,8-9,15H2,1H3,(H,16,17). The summed E-state index contributed by atoms with van der Waals surface area (Å²) in [6.45, 7) is 0.584. The van der Waals surface area contributed by atoms with Crippen LogP contribution in [-0.4, -0.2) is 19.1 Å². The SMILES string of the molecule is COCc1ccc(NC(=O)CC(N)C2CC2)cc1. The lowest BCUT2D eigenvalue weighted by molar-refractivity contribution is -0.116. The Morgan fingerprint density at radius 2 is 2.11 bits per heavy atom. The fourth-order valence-electron chi connectivity index (χ4n) is 1.97. The molecule has 4 nitrogen and oxygen atoms in total. The zero-order valence-electron chi connectivity index (χ0n) is 10.7. The Morgan fingerprint density at radius 3 is 2.67 bits per heavy atom. The molecule has 0 radical (unpaired) electrons. The van der Waals surface area contributed by atoms with Crippen LogP contribution in [0, 0.1) is 5.92 Å². The van der Waals surface area contributed by atoms with E-state index in [1.54, 1.807) is 7.11 Å². The number of anilines is 1. The monoisotopic (exact) mass is 248 g/mol. The second-order valence-electron chi connectivity index (χ2n) is 4.88. The van der Waals surface area contributed by atoms with E-state index in [9.17, 15) is 4.79 Å². The fourth-order valence-corrected chi connectivity index (χ4v) is 1.97. The van der Waals surface area contributed by atoms with Gasteiger partial charge in [-0.1, -0.05) is 12.1 Å². The van der Waals surface area contributed by atoms with Gasteiger partial charge < -0.3 is 15.8 Å². The van der Waals surface area contributed by atoms with Crippen molar-refractivity contribution in [2.24, 2.45) is 11.7 Å². The molecule has 18 heavy (non-hydrogen) atoms. The fraction of sp³-hybridized carbons (Fsp3) is 0.500. The van der Waals surface area contributed by atoms with Crippen LogP contribution in [0.25, 0.3) is 0 Å². The molecule has 1 saturated carbocycles. The van der Waals surface area contributed by atoms with Gasteiger partial charge in [-0.15, -0.1) is 0 Å². The van der Waals surface area contributed by atoms with Crippen LogP contribution in [0.5, 0.6) is 0 Å². The van der Waals surface area contributed by atoms with Crippen molar-refractivity contribution >= 4 is 11.6 Å². The minimum absolute atomic E-state index is 0.00566. The molecule has 1 amide bonds. The third-order valence-corrected chi connectivity index (χ3v) is 3.20. The van der Waals surface area contributed by atoms with E-state index in [0.29, 0.717) is 18.9 Å². The smallest absolute Gasteiger partial charge is 0.225 e. The molecule has 1 aliphatic rings. The van der Waals surface area contributed by atoms with Gasteiger partial charge in [0.15, 0.2) is 0 Å². The normalized spacial score (nSPS) is 16.3. The molecule has 0 saturated heterocycles. The Morgan fingerprint density at radius 1 is 1.44 bits per heavy atom. The maximum Gasteiger partial charge on any atom is 0.225 e. The van der Waals surface area contributed by atoms with Gasteiger partial charge in [-0.2, -0.15) is 0 Å². The molecule has 0 spiro atoms. The lowest BCUT2D eigenvalue weighted by Crippen LogP contribution is -2.28. The molecule has 2 rings (SSSR count). The van der Waals surface area contributed by atoms with Crippen LogP contribution < -0.4 is 11.1 Å². The molecule has 1 atom stereocenters. The summed E-state index contributed by atoms with van der Waals surface area (Å²) in [4.78, 5) is 11.7. The van der Waals surface area contributed by atoms with Gasteiger partial charge in [-0.05, 0) is 36.5 Å². The van der Waals surface area contributed by atoms with Crippen LogP contribution in [0.2, 0.25) is 0 Å². The predicted molar refractivity (Wildman–Crippen MR) is 71.1 cm³/mol. The predicted octanol–water partition coefficient (Wildman–Crippen LogP) is 1.90. The number of amides is 1. The van der Waals surface area contributed by atoms with Crippen LogP contribution >= 0.6 is 0 Å². The average Bonchev–Trinajstić information content (AvgIpc) is 3.16. The zero-order valence-corrected chi connectivity index (χ0v) is 10.7. The van der Waals surface area contributed by atoms with E-state index in [1.165, 1.54) is 12.8 Å². The third-order valence-electron chi connectivity index (χ3n) is 3.20. The van der Waals surface area contributed by atoms with Gasteiger partial charge in [0.1, 0.15) is 0 Å². The molecule has 0 aromatic heterocycles. The maximum absolute atomic E-state index is 11.7. The summed E-state index contributed by atoms with van der Waals surface area (Å²) < 4.78 is 5.03. The maximum atomic E-state index is 11.7. The highest BCUT2D eigenvalue weighted by Gasteiger charge is 2.29. The topological polar surface area (TPSA) is 64.3 Å². The summed E-state index contributed by atoms with van der Waals surface area (Å²) in [5, 5.41) is 2.87. The number of carbonyl (C=O) groups is 1. The highest BCUT2D eigenvalue weighted by atomic mass is 16.5. The molecule has 1 aromatic carbocycles. The Labute approximate surface area is 108 Å². The van der Waals surface area contributed by atoms with Crippen molar-refractivity contribution < 1.29 is 9.53 Å². The Kier molecular flexibility index (Phi) is 4.33. The van der Waals surface area contributed by atoms with Crippen molar-refractivity contribution in [1.29, 1.82) is 0 Å². The molecule has 1 fully saturated rings. The molecule has 1 aromatic rings. The van der Waals surface area contributed by atoms with E-state index in [1.807, 2.05) is 24.3 Å². The summed E-state index contributed by atoms with van der Waals surface area (Å²) in [5.74, 6) is 0.550. The van der Waals surface area contributed by atoms with Gasteiger partial charge in [0.05, 0.1) is 6.61 Å². The molecule has 98 valence electrons. The molecule has 1 aliphatic carbocycles. The molecular formula is C14H20N2O2. The van der Waals surface area contributed by atoms with E-state index in [4.69, 9.17) is 10.5 Å². The number of carbonyl (C=O) groups excluding carboxylic acids is 1. The molecule has 3 N–H and O–H groups in total. The number of hydrogen-bond donors (Lipinski definition) is 2. The highest BCUT2D eigenvalue weighted by Crippen LogP contribution is 2.32. The molecular weight excluding hydrogens is 228 g/mol. The first kappa shape index (κ1) is 13.1. The number of nitrogens with one attached hydrogen (secondary N) is 1. The second-order valence-corrected chi connectivity index (χ2v) is 4.88. The Balaban J connectivity index is 1.82. The van der Waals surface area contributed by atoms with E-state index in [0.717, 1.165) is 11.3 Å². The number of methoxy groups -OCH3 is 1. The summed E-state index contributed by atoms with van der Waals surface area (Å²) in [6.07, 6.45) is 2.74. The van der Waals surface area contributed by atoms with Gasteiger partial charge in [0, 0.05) is 25.3 Å². The summed E-state index contributed by atoms with van der Waals surface area (Å²) in [6, 6.07) is 7.67. The summed E-state index contributed by atoms with van der Waals surface area (Å²) in [5.41, 5.74) is 7.82. The first-order valence-electron chi connectivity index (χ1n) is 6.32. The lowest BCUT2D eigenvalue weighted by atomic mass is 10.1. The molecule has 4 heteroatoms. The molecule has 0 bridgehead atoms. The largest absolute Gasteiger partial charge is 0.380 e. The van der Waals surface area contributed by atoms with Gasteiger partial charge >= 0.3 is 0 Å². The van der Waals surface area contributed by atoms with Gasteiger partial charge in [-0.3, -0.25) is 4.79 Å². The number of nitrogens with two attached hydrogens (primary N) is 1. The van der Waals surface area contributed by atoms with E-state index in [2.05, 4.69) is 5.32 Å². The molecule has 0 heterocycles. The third kappa shape index (κ3) is 3.82. The summed E-state index contributed by atoms with van der Waals surface area (Å²) >= 11 is 0. The quantitative estimate of drug-likeness (QED) is 0.808. The zero-order chi connectivity index (χ0) is 13.0. The minimum Gasteiger partial charge on any atom is -0.380 e. The van der Waals surface area contributed by atoms with Crippen LogP contribution in [0.4, 0.5) is 5.69 Å². The van der Waals surface area contributed by atoms with Crippen molar-refractivity contribution in [3.8, 4) is 0 Å². The number of ether oxygens (including phenoxy) is 1. The van der Waals surface area contributed by atoms with Gasteiger partial charge in [0.2, 0.25) is 5.91 Å². The van der Waals surface area contributed by atoms with Crippen LogP contribution in [0.3, 0.4) is 0 Å². The lowest BCUT2D eigenvalue weighted by Gasteiger charge is -2.10. The van der Waals surface area contributed by atoms with Crippen LogP contribution in [0.1, 0.15) is 24.8 Å². The number of hydrogen-bond acceptors (Lipinski definition) is 3. The van der Waals surface area contributed by atoms with Crippen molar-refractivity contribution in [2.45, 2.75) is 31.9 Å². The van der Waals surface area contributed by atoms with Crippen LogP contribution in [-0.2, 0) is 16.1 Å². The molecule has 0 aliphatic heterocycles. The first-order valence-corrected chi connectivity index (χ1v) is 6.32. The summed E-state index contributed by atoms with van der Waals surface area (Å²) in [7, 11) is 1.66. The highest BCUT2D eigenvalue weighted by molar-refractivity contribution is 5.91. The van der Waals surface area contributed by atoms with E-state index < -0.39 is 0 Å². The van der Waals surface area contributed by atoms with Gasteiger partial charge in [0.25, 0.3) is 0 Å². The second kappa shape index (κ2) is 5.98. The van der Waals surface area contributed by atoms with Crippen molar-refractivity contribution in [1.82, 2.24) is 0 Å².